The van der Waals surface area contributed by atoms with E-state index in [-0.39, 0.29) is 0 Å². The molecule has 0 saturated heterocycles. The first-order valence-corrected chi connectivity index (χ1v) is 12.8. The van der Waals surface area contributed by atoms with Gasteiger partial charge in [-0.3, -0.25) is 9.98 Å². The maximum Gasteiger partial charge on any atom is 0.0630 e. The molecule has 158 valence electrons. The maximum absolute atomic E-state index is 4.59. The van der Waals surface area contributed by atoms with E-state index in [2.05, 4.69) is 95.3 Å². The molecule has 4 aromatic carbocycles. The highest BCUT2D eigenvalue weighted by atomic mass is 32.2. The number of rotatable bonds is 7. The van der Waals surface area contributed by atoms with Gasteiger partial charge in [-0.1, -0.05) is 48.5 Å². The molecule has 32 heavy (non-hydrogen) atoms. The van der Waals surface area contributed by atoms with Crippen molar-refractivity contribution >= 4 is 47.3 Å². The normalized spacial score (nSPS) is 11.4. The van der Waals surface area contributed by atoms with Crippen molar-refractivity contribution in [2.24, 2.45) is 9.98 Å². The molecule has 2 nitrogen and oxygen atoms in total. The molecule has 0 atom stereocenters. The average molecular weight is 453 g/mol. The standard InChI is InChI=1S/C28H24N2S2/c1-31-27-15-3-21(4-16-27)19-29-25-11-7-23(8-12-25)24-9-13-26(14-10-24)30-20-22-5-17-28(32-2)18-6-22/h3-20H,1-2H3. The predicted octanol–water partition coefficient (Wildman–Crippen LogP) is 8.30. The number of nitrogens with zero attached hydrogens (tertiary/aromatic N) is 2. The third-order valence-corrected chi connectivity index (χ3v) is 6.51. The summed E-state index contributed by atoms with van der Waals surface area (Å²) in [6.45, 7) is 0. The first-order valence-electron chi connectivity index (χ1n) is 10.3. The molecule has 0 spiro atoms. The molecular weight excluding hydrogens is 428 g/mol. The van der Waals surface area contributed by atoms with Gasteiger partial charge in [-0.2, -0.15) is 0 Å². The highest BCUT2D eigenvalue weighted by Crippen LogP contribution is 2.25. The third-order valence-electron chi connectivity index (χ3n) is 5.02. The van der Waals surface area contributed by atoms with Crippen LogP contribution in [0.25, 0.3) is 11.1 Å². The largest absolute Gasteiger partial charge is 0.256 e. The van der Waals surface area contributed by atoms with E-state index in [1.807, 2.05) is 36.7 Å². The number of thioether (sulfide) groups is 2. The first kappa shape index (κ1) is 22.1. The van der Waals surface area contributed by atoms with Gasteiger partial charge in [-0.15, -0.1) is 23.5 Å². The molecule has 4 rings (SSSR count). The summed E-state index contributed by atoms with van der Waals surface area (Å²) in [5, 5.41) is 0. The van der Waals surface area contributed by atoms with Gasteiger partial charge < -0.3 is 0 Å². The van der Waals surface area contributed by atoms with E-state index < -0.39 is 0 Å². The van der Waals surface area contributed by atoms with Gasteiger partial charge in [0.05, 0.1) is 11.4 Å². The van der Waals surface area contributed by atoms with Crippen LogP contribution in [0, 0.1) is 0 Å². The van der Waals surface area contributed by atoms with Crippen LogP contribution in [0.4, 0.5) is 11.4 Å². The Morgan fingerprint density at radius 2 is 0.812 bits per heavy atom. The summed E-state index contributed by atoms with van der Waals surface area (Å²) in [6, 6.07) is 33.4. The fraction of sp³-hybridized carbons (Fsp3) is 0.0714. The Bertz CT molecular complexity index is 1090. The van der Waals surface area contributed by atoms with Crippen LogP contribution in [0.5, 0.6) is 0 Å². The van der Waals surface area contributed by atoms with Crippen LogP contribution in [-0.4, -0.2) is 24.9 Å². The van der Waals surface area contributed by atoms with Gasteiger partial charge in [0.15, 0.2) is 0 Å². The number of hydrogen-bond donors (Lipinski definition) is 0. The van der Waals surface area contributed by atoms with E-state index in [0.29, 0.717) is 0 Å². The molecular formula is C28H24N2S2. The molecule has 4 aromatic rings. The van der Waals surface area contributed by atoms with Crippen LogP contribution in [0.15, 0.2) is 117 Å². The first-order chi connectivity index (χ1) is 15.7. The smallest absolute Gasteiger partial charge is 0.0630 e. The highest BCUT2D eigenvalue weighted by Gasteiger charge is 1.99. The number of aliphatic imine (C=N–C) groups is 2. The Labute approximate surface area is 198 Å². The molecule has 4 heteroatoms. The van der Waals surface area contributed by atoms with Crippen molar-refractivity contribution in [2.75, 3.05) is 12.5 Å². The van der Waals surface area contributed by atoms with Crippen LogP contribution in [0.3, 0.4) is 0 Å². The topological polar surface area (TPSA) is 24.7 Å². The Morgan fingerprint density at radius 3 is 1.12 bits per heavy atom. The molecule has 0 heterocycles. The Hall–Kier alpha value is -3.08. The lowest BCUT2D eigenvalue weighted by atomic mass is 10.1. The van der Waals surface area contributed by atoms with Crippen molar-refractivity contribution in [3.05, 3.63) is 108 Å². The van der Waals surface area contributed by atoms with Crippen LogP contribution < -0.4 is 0 Å². The van der Waals surface area contributed by atoms with Gasteiger partial charge in [0.1, 0.15) is 0 Å². The van der Waals surface area contributed by atoms with E-state index >= 15 is 0 Å². The summed E-state index contributed by atoms with van der Waals surface area (Å²) in [7, 11) is 0. The Balaban J connectivity index is 1.40. The van der Waals surface area contributed by atoms with Crippen molar-refractivity contribution in [3.63, 3.8) is 0 Å². The molecule has 0 radical (unpaired) electrons. The van der Waals surface area contributed by atoms with Crippen LogP contribution in [-0.2, 0) is 0 Å². The van der Waals surface area contributed by atoms with Gasteiger partial charge in [-0.05, 0) is 83.3 Å². The zero-order valence-corrected chi connectivity index (χ0v) is 19.7. The summed E-state index contributed by atoms with van der Waals surface area (Å²) in [5.74, 6) is 0. The second-order valence-electron chi connectivity index (χ2n) is 7.16. The summed E-state index contributed by atoms with van der Waals surface area (Å²) in [5.41, 5.74) is 6.41. The zero-order chi connectivity index (χ0) is 22.2. The highest BCUT2D eigenvalue weighted by molar-refractivity contribution is 7.98. The predicted molar refractivity (Wildman–Crippen MR) is 143 cm³/mol. The van der Waals surface area contributed by atoms with Crippen molar-refractivity contribution in [2.45, 2.75) is 9.79 Å². The van der Waals surface area contributed by atoms with Crippen LogP contribution in [0.1, 0.15) is 11.1 Å². The molecule has 0 aliphatic heterocycles. The van der Waals surface area contributed by atoms with E-state index in [0.717, 1.165) is 33.6 Å². The molecule has 0 aliphatic rings. The van der Waals surface area contributed by atoms with Gasteiger partial charge in [0.2, 0.25) is 0 Å². The van der Waals surface area contributed by atoms with Crippen LogP contribution >= 0.6 is 23.5 Å². The molecule has 0 bridgehead atoms. The molecule has 0 unspecified atom stereocenters. The molecule has 0 N–H and O–H groups in total. The minimum Gasteiger partial charge on any atom is -0.256 e. The minimum absolute atomic E-state index is 0.941. The quantitative estimate of drug-likeness (QED) is 0.208. The molecule has 0 aliphatic carbocycles. The maximum atomic E-state index is 4.59. The van der Waals surface area contributed by atoms with Crippen molar-refractivity contribution in [3.8, 4) is 11.1 Å². The van der Waals surface area contributed by atoms with Gasteiger partial charge >= 0.3 is 0 Å². The summed E-state index contributed by atoms with van der Waals surface area (Å²) in [6.07, 6.45) is 7.97. The average Bonchev–Trinajstić information content (AvgIpc) is 2.87. The van der Waals surface area contributed by atoms with E-state index in [9.17, 15) is 0 Å². The number of hydrogen-bond acceptors (Lipinski definition) is 4. The summed E-state index contributed by atoms with van der Waals surface area (Å²) in [4.78, 5) is 11.7. The minimum atomic E-state index is 0.941. The van der Waals surface area contributed by atoms with E-state index in [1.165, 1.54) is 9.79 Å². The second-order valence-corrected chi connectivity index (χ2v) is 8.92. The molecule has 0 aromatic heterocycles. The molecule has 0 fully saturated rings. The van der Waals surface area contributed by atoms with E-state index in [1.54, 1.807) is 23.5 Å². The van der Waals surface area contributed by atoms with E-state index in [4.69, 9.17) is 0 Å². The lowest BCUT2D eigenvalue weighted by Crippen LogP contribution is -1.81. The third kappa shape index (κ3) is 6.00. The molecule has 0 saturated carbocycles. The fourth-order valence-corrected chi connectivity index (χ4v) is 3.97. The van der Waals surface area contributed by atoms with Gasteiger partial charge in [0.25, 0.3) is 0 Å². The van der Waals surface area contributed by atoms with Gasteiger partial charge in [-0.25, -0.2) is 0 Å². The summed E-state index contributed by atoms with van der Waals surface area (Å²) < 4.78 is 0. The monoisotopic (exact) mass is 452 g/mol. The SMILES string of the molecule is CSc1ccc(C=Nc2ccc(-c3ccc(N=Cc4ccc(SC)cc4)cc3)cc2)cc1. The van der Waals surface area contributed by atoms with Gasteiger partial charge in [0, 0.05) is 22.2 Å². The Morgan fingerprint density at radius 1 is 0.469 bits per heavy atom. The van der Waals surface area contributed by atoms with Crippen molar-refractivity contribution in [1.82, 2.24) is 0 Å². The van der Waals surface area contributed by atoms with Crippen molar-refractivity contribution < 1.29 is 0 Å². The summed E-state index contributed by atoms with van der Waals surface area (Å²) >= 11 is 3.48. The number of benzene rings is 4. The van der Waals surface area contributed by atoms with Crippen LogP contribution in [0.2, 0.25) is 0 Å². The lowest BCUT2D eigenvalue weighted by molar-refractivity contribution is 1.45. The zero-order valence-electron chi connectivity index (χ0n) is 18.1. The second kappa shape index (κ2) is 11.0. The Kier molecular flexibility index (Phi) is 7.59. The van der Waals surface area contributed by atoms with Crippen molar-refractivity contribution in [1.29, 1.82) is 0 Å². The fourth-order valence-electron chi connectivity index (χ4n) is 3.16. The molecule has 0 amide bonds. The lowest BCUT2D eigenvalue weighted by Gasteiger charge is -2.03.